The summed E-state index contributed by atoms with van der Waals surface area (Å²) in [5.41, 5.74) is 0.695. The molecule has 0 aliphatic carbocycles. The summed E-state index contributed by atoms with van der Waals surface area (Å²) >= 11 is 5.79. The van der Waals surface area contributed by atoms with Gasteiger partial charge in [-0.15, -0.1) is 0 Å². The molecule has 1 aromatic carbocycles. The first kappa shape index (κ1) is 15.9. The zero-order chi connectivity index (χ0) is 14.5. The molecule has 19 heavy (non-hydrogen) atoms. The van der Waals surface area contributed by atoms with Crippen molar-refractivity contribution in [2.45, 2.75) is 19.4 Å². The lowest BCUT2D eigenvalue weighted by molar-refractivity contribution is -0.121. The van der Waals surface area contributed by atoms with Crippen LogP contribution in [0.1, 0.15) is 24.9 Å². The Balaban J connectivity index is 2.91. The van der Waals surface area contributed by atoms with Gasteiger partial charge < -0.3 is 5.32 Å². The number of nitrogens with one attached hydrogen (secondary N) is 2. The third-order valence-corrected chi connectivity index (χ3v) is 3.36. The van der Waals surface area contributed by atoms with Crippen molar-refractivity contribution in [1.29, 1.82) is 0 Å². The standard InChI is InChI=1S/C12H17ClN2O3S/c1-3-14-12(16)8-11(15-19(2,17)18)9-4-6-10(13)7-5-9/h4-7,11,15H,3,8H2,1-2H3,(H,14,16). The molecule has 0 saturated heterocycles. The second-order valence-electron chi connectivity index (χ2n) is 4.15. The van der Waals surface area contributed by atoms with Crippen LogP contribution in [-0.4, -0.2) is 27.1 Å². The highest BCUT2D eigenvalue weighted by Gasteiger charge is 2.19. The van der Waals surface area contributed by atoms with Gasteiger partial charge in [0.1, 0.15) is 0 Å². The van der Waals surface area contributed by atoms with Gasteiger partial charge in [0.2, 0.25) is 15.9 Å². The van der Waals surface area contributed by atoms with E-state index in [0.717, 1.165) is 6.26 Å². The summed E-state index contributed by atoms with van der Waals surface area (Å²) in [5, 5.41) is 3.20. The molecule has 0 spiro atoms. The number of hydrogen-bond acceptors (Lipinski definition) is 3. The predicted octanol–water partition coefficient (Wildman–Crippen LogP) is 1.46. The predicted molar refractivity (Wildman–Crippen MR) is 75.5 cm³/mol. The van der Waals surface area contributed by atoms with Crippen molar-refractivity contribution >= 4 is 27.5 Å². The maximum atomic E-state index is 11.6. The van der Waals surface area contributed by atoms with E-state index in [1.54, 1.807) is 31.2 Å². The van der Waals surface area contributed by atoms with Crippen molar-refractivity contribution in [2.75, 3.05) is 12.8 Å². The van der Waals surface area contributed by atoms with Gasteiger partial charge in [-0.1, -0.05) is 23.7 Å². The smallest absolute Gasteiger partial charge is 0.221 e. The van der Waals surface area contributed by atoms with E-state index in [1.165, 1.54) is 0 Å². The lowest BCUT2D eigenvalue weighted by Gasteiger charge is -2.17. The number of carbonyl (C=O) groups is 1. The van der Waals surface area contributed by atoms with Crippen molar-refractivity contribution in [3.05, 3.63) is 34.9 Å². The van der Waals surface area contributed by atoms with E-state index in [9.17, 15) is 13.2 Å². The first-order chi connectivity index (χ1) is 8.81. The Morgan fingerprint density at radius 2 is 1.89 bits per heavy atom. The molecule has 1 atom stereocenters. The van der Waals surface area contributed by atoms with Crippen molar-refractivity contribution in [3.63, 3.8) is 0 Å². The Kier molecular flexibility index (Phi) is 5.78. The quantitative estimate of drug-likeness (QED) is 0.835. The summed E-state index contributed by atoms with van der Waals surface area (Å²) in [6, 6.07) is 6.12. The summed E-state index contributed by atoms with van der Waals surface area (Å²) < 4.78 is 25.2. The molecule has 0 aliphatic rings. The van der Waals surface area contributed by atoms with Crippen LogP contribution >= 0.6 is 11.6 Å². The first-order valence-corrected chi connectivity index (χ1v) is 8.08. The van der Waals surface area contributed by atoms with Crippen LogP contribution in [0.4, 0.5) is 0 Å². The fraction of sp³-hybridized carbons (Fsp3) is 0.417. The summed E-state index contributed by atoms with van der Waals surface area (Å²) in [7, 11) is -3.41. The summed E-state index contributed by atoms with van der Waals surface area (Å²) in [4.78, 5) is 11.6. The Hall–Kier alpha value is -1.11. The second kappa shape index (κ2) is 6.88. The third kappa shape index (κ3) is 6.04. The van der Waals surface area contributed by atoms with Crippen LogP contribution in [-0.2, 0) is 14.8 Å². The molecule has 0 saturated carbocycles. The third-order valence-electron chi connectivity index (χ3n) is 2.39. The van der Waals surface area contributed by atoms with E-state index in [1.807, 2.05) is 0 Å². The maximum absolute atomic E-state index is 11.6. The molecule has 0 aromatic heterocycles. The van der Waals surface area contributed by atoms with E-state index in [0.29, 0.717) is 17.1 Å². The molecule has 7 heteroatoms. The summed E-state index contributed by atoms with van der Waals surface area (Å²) in [6.45, 7) is 2.31. The average molecular weight is 305 g/mol. The highest BCUT2D eigenvalue weighted by Crippen LogP contribution is 2.20. The van der Waals surface area contributed by atoms with E-state index in [4.69, 9.17) is 11.6 Å². The SMILES string of the molecule is CCNC(=O)CC(NS(C)(=O)=O)c1ccc(Cl)cc1. The van der Waals surface area contributed by atoms with Crippen molar-refractivity contribution < 1.29 is 13.2 Å². The largest absolute Gasteiger partial charge is 0.356 e. The molecule has 0 heterocycles. The summed E-state index contributed by atoms with van der Waals surface area (Å²) in [5.74, 6) is -0.210. The molecule has 1 rings (SSSR count). The van der Waals surface area contributed by atoms with Gasteiger partial charge in [0.15, 0.2) is 0 Å². The monoisotopic (exact) mass is 304 g/mol. The lowest BCUT2D eigenvalue weighted by Crippen LogP contribution is -2.33. The van der Waals surface area contributed by atoms with E-state index >= 15 is 0 Å². The van der Waals surface area contributed by atoms with Crippen LogP contribution in [0.2, 0.25) is 5.02 Å². The second-order valence-corrected chi connectivity index (χ2v) is 6.37. The van der Waals surface area contributed by atoms with Crippen LogP contribution in [0.15, 0.2) is 24.3 Å². The molecule has 1 aromatic rings. The molecule has 0 aliphatic heterocycles. The van der Waals surface area contributed by atoms with Gasteiger partial charge in [0.05, 0.1) is 12.3 Å². The van der Waals surface area contributed by atoms with Gasteiger partial charge in [-0.2, -0.15) is 0 Å². The Morgan fingerprint density at radius 1 is 1.32 bits per heavy atom. The molecule has 106 valence electrons. The topological polar surface area (TPSA) is 75.3 Å². The summed E-state index contributed by atoms with van der Waals surface area (Å²) in [6.07, 6.45) is 1.11. The van der Waals surface area contributed by atoms with Gasteiger partial charge in [-0.3, -0.25) is 4.79 Å². The highest BCUT2D eigenvalue weighted by atomic mass is 35.5. The number of benzene rings is 1. The lowest BCUT2D eigenvalue weighted by atomic mass is 10.0. The van der Waals surface area contributed by atoms with Crippen LogP contribution in [0.5, 0.6) is 0 Å². The zero-order valence-corrected chi connectivity index (χ0v) is 12.4. The van der Waals surface area contributed by atoms with Gasteiger partial charge in [-0.25, -0.2) is 13.1 Å². The number of halogens is 1. The molecular weight excluding hydrogens is 288 g/mol. The molecule has 0 fully saturated rings. The molecule has 0 bridgehead atoms. The molecule has 2 N–H and O–H groups in total. The van der Waals surface area contributed by atoms with Crippen LogP contribution in [0.25, 0.3) is 0 Å². The van der Waals surface area contributed by atoms with Crippen molar-refractivity contribution in [3.8, 4) is 0 Å². The molecular formula is C12H17ClN2O3S. The fourth-order valence-electron chi connectivity index (χ4n) is 1.64. The van der Waals surface area contributed by atoms with Gasteiger partial charge in [0.25, 0.3) is 0 Å². The van der Waals surface area contributed by atoms with Gasteiger partial charge in [-0.05, 0) is 24.6 Å². The minimum absolute atomic E-state index is 0.0442. The Morgan fingerprint density at radius 3 is 2.37 bits per heavy atom. The molecule has 1 amide bonds. The van der Waals surface area contributed by atoms with E-state index < -0.39 is 16.1 Å². The number of carbonyl (C=O) groups excluding carboxylic acids is 1. The first-order valence-electron chi connectivity index (χ1n) is 5.81. The zero-order valence-electron chi connectivity index (χ0n) is 10.8. The molecule has 0 radical (unpaired) electrons. The van der Waals surface area contributed by atoms with Gasteiger partial charge >= 0.3 is 0 Å². The number of hydrogen-bond donors (Lipinski definition) is 2. The average Bonchev–Trinajstić information content (AvgIpc) is 2.27. The van der Waals surface area contributed by atoms with Crippen LogP contribution in [0, 0.1) is 0 Å². The maximum Gasteiger partial charge on any atom is 0.221 e. The number of sulfonamides is 1. The Labute approximate surface area is 118 Å². The normalized spacial score (nSPS) is 13.0. The van der Waals surface area contributed by atoms with Crippen molar-refractivity contribution in [1.82, 2.24) is 10.0 Å². The minimum atomic E-state index is -3.41. The van der Waals surface area contributed by atoms with Crippen LogP contribution in [0.3, 0.4) is 0 Å². The van der Waals surface area contributed by atoms with E-state index in [-0.39, 0.29) is 12.3 Å². The van der Waals surface area contributed by atoms with Crippen LogP contribution < -0.4 is 10.0 Å². The fourth-order valence-corrected chi connectivity index (χ4v) is 2.50. The van der Waals surface area contributed by atoms with Gasteiger partial charge in [0, 0.05) is 18.0 Å². The molecule has 1 unspecified atom stereocenters. The highest BCUT2D eigenvalue weighted by molar-refractivity contribution is 7.88. The van der Waals surface area contributed by atoms with Crippen molar-refractivity contribution in [2.24, 2.45) is 0 Å². The minimum Gasteiger partial charge on any atom is -0.356 e. The van der Waals surface area contributed by atoms with E-state index in [2.05, 4.69) is 10.0 Å². The Bertz CT molecular complexity index is 528. The number of rotatable bonds is 6. The molecule has 5 nitrogen and oxygen atoms in total. The number of amides is 1.